The fraction of sp³-hybridized carbons (Fsp3) is 1.00. The van der Waals surface area contributed by atoms with Gasteiger partial charge in [-0.15, -0.1) is 0 Å². The number of nitrogens with one attached hydrogen (secondary N) is 2. The van der Waals surface area contributed by atoms with Gasteiger partial charge in [0.15, 0.2) is 8.51 Å². The van der Waals surface area contributed by atoms with Crippen molar-refractivity contribution in [3.05, 3.63) is 0 Å². The van der Waals surface area contributed by atoms with Crippen LogP contribution in [0.15, 0.2) is 0 Å². The van der Waals surface area contributed by atoms with Crippen molar-refractivity contribution in [1.29, 1.82) is 0 Å². The third kappa shape index (κ3) is 2.55. The zero-order valence-electron chi connectivity index (χ0n) is 5.01. The van der Waals surface area contributed by atoms with Crippen LogP contribution >= 0.6 is 25.1 Å². The molecule has 0 aliphatic carbocycles. The molecule has 1 aromatic rings. The Morgan fingerprint density at radius 3 is 3.22 bits per heavy atom. The van der Waals surface area contributed by atoms with Gasteiger partial charge in [-0.1, -0.05) is 0 Å². The van der Waals surface area contributed by atoms with Gasteiger partial charge in [0.1, 0.15) is 8.51 Å². The van der Waals surface area contributed by atoms with E-state index in [0.717, 1.165) is 6.61 Å². The second-order valence-electron chi connectivity index (χ2n) is 1.26. The standard InChI is InChI=1S/C2H9N3OP3/c1-2-6-9-4-7-3-8-5-9/h7-8H,2H2,1H3,(H2,3,4,5)/q+1. The maximum Gasteiger partial charge on any atom is 0.322 e. The first-order chi connectivity index (χ1) is 4.43. The number of hydrogen-bond donors (Lipinski definition) is 2. The van der Waals surface area contributed by atoms with Gasteiger partial charge >= 0.3 is 8.08 Å². The van der Waals surface area contributed by atoms with Crippen molar-refractivity contribution in [2.75, 3.05) is 6.61 Å². The Balaban J connectivity index is 2.61. The van der Waals surface area contributed by atoms with Crippen LogP contribution in [0.1, 0.15) is 6.92 Å². The molecule has 0 aliphatic heterocycles. The molecule has 9 heavy (non-hydrogen) atoms. The first-order valence-electron chi connectivity index (χ1n) is 2.58. The van der Waals surface area contributed by atoms with Gasteiger partial charge in [0, 0.05) is 0 Å². The van der Waals surface area contributed by atoms with E-state index in [9.17, 15) is 0 Å². The van der Waals surface area contributed by atoms with Gasteiger partial charge in [0.05, 0.1) is 6.61 Å². The number of aromatic amines is 2. The van der Waals surface area contributed by atoms with Crippen molar-refractivity contribution < 1.29 is 4.52 Å². The van der Waals surface area contributed by atoms with Gasteiger partial charge in [-0.05, 0) is 11.4 Å². The maximum absolute atomic E-state index is 5.24. The van der Waals surface area contributed by atoms with Crippen LogP contribution in [0.25, 0.3) is 0 Å². The van der Waals surface area contributed by atoms with E-state index in [1.54, 1.807) is 0 Å². The Hall–Kier alpha value is 0.260. The topological polar surface area (TPSA) is 53.7 Å². The van der Waals surface area contributed by atoms with Gasteiger partial charge in [-0.2, -0.15) is 4.51 Å². The van der Waals surface area contributed by atoms with E-state index in [0.29, 0.717) is 17.0 Å². The lowest BCUT2D eigenvalue weighted by molar-refractivity contribution is 0.454. The van der Waals surface area contributed by atoms with Gasteiger partial charge in [-0.3, -0.25) is 0 Å². The summed E-state index contributed by atoms with van der Waals surface area (Å²) in [7, 11) is 0.500. The monoisotopic (exact) mass is 184 g/mol. The number of hydrogen-bond acceptors (Lipinski definition) is 2. The normalized spacial score (nSPS) is 13.2. The van der Waals surface area contributed by atoms with E-state index in [2.05, 4.69) is 13.5 Å². The predicted molar refractivity (Wildman–Crippen MR) is 43.8 cm³/mol. The van der Waals surface area contributed by atoms with E-state index in [1.165, 1.54) is 0 Å². The minimum absolute atomic E-state index is 0.521. The molecule has 0 saturated carbocycles. The van der Waals surface area contributed by atoms with Crippen LogP contribution in [-0.2, 0) is 0 Å². The molecule has 0 spiro atoms. The van der Waals surface area contributed by atoms with E-state index < -0.39 is 8.08 Å². The number of H-pyrrole nitrogens is 2. The van der Waals surface area contributed by atoms with Gasteiger partial charge in [0.25, 0.3) is 0 Å². The van der Waals surface area contributed by atoms with E-state index >= 15 is 0 Å². The zero-order chi connectivity index (χ0) is 6.53. The van der Waals surface area contributed by atoms with Crippen LogP contribution in [0.2, 0.25) is 0 Å². The number of nitrogens with zero attached hydrogens (tertiary/aromatic N) is 1. The summed E-state index contributed by atoms with van der Waals surface area (Å²) in [6.45, 7) is 2.73. The second-order valence-corrected chi connectivity index (χ2v) is 5.24. The van der Waals surface area contributed by atoms with Crippen LogP contribution in [-0.4, -0.2) is 20.1 Å². The molecular weight excluding hydrogens is 175 g/mol. The van der Waals surface area contributed by atoms with E-state index in [1.807, 2.05) is 6.92 Å². The van der Waals surface area contributed by atoms with Crippen LogP contribution in [0.4, 0.5) is 0 Å². The summed E-state index contributed by atoms with van der Waals surface area (Å²) in [5.74, 6) is 0. The summed E-state index contributed by atoms with van der Waals surface area (Å²) >= 11 is 0. The molecule has 0 aromatic carbocycles. The second kappa shape index (κ2) is 4.14. The van der Waals surface area contributed by atoms with E-state index in [-0.39, 0.29) is 0 Å². The van der Waals surface area contributed by atoms with Gasteiger partial charge < -0.3 is 0 Å². The first-order valence-corrected chi connectivity index (χ1v) is 5.74. The molecule has 1 heterocycles. The maximum atomic E-state index is 5.24. The van der Waals surface area contributed by atoms with Crippen molar-refractivity contribution in [3.63, 3.8) is 0 Å². The summed E-state index contributed by atoms with van der Waals surface area (Å²) in [5.41, 5.74) is 0. The van der Waals surface area contributed by atoms with Crippen molar-refractivity contribution in [2.45, 2.75) is 6.92 Å². The van der Waals surface area contributed by atoms with Crippen molar-refractivity contribution in [3.8, 4) is 0 Å². The summed E-state index contributed by atoms with van der Waals surface area (Å²) in [5, 5.41) is 0. The fourth-order valence-corrected chi connectivity index (χ4v) is 4.11. The SMILES string of the molecule is CCO[p+]1n[pH][nH][pH][nH]1. The van der Waals surface area contributed by atoms with Crippen molar-refractivity contribution in [1.82, 2.24) is 13.5 Å². The van der Waals surface area contributed by atoms with Crippen molar-refractivity contribution in [2.24, 2.45) is 0 Å². The molecule has 0 saturated heterocycles. The van der Waals surface area contributed by atoms with Crippen molar-refractivity contribution >= 4 is 25.1 Å². The van der Waals surface area contributed by atoms with Crippen LogP contribution in [0, 0.1) is 0 Å². The number of aromatic nitrogens is 3. The molecule has 0 aliphatic rings. The highest BCUT2D eigenvalue weighted by atomic mass is 31.2. The highest BCUT2D eigenvalue weighted by Gasteiger charge is 1.93. The summed E-state index contributed by atoms with van der Waals surface area (Å²) in [6.07, 6.45) is 0. The molecule has 3 atom stereocenters. The fourth-order valence-electron chi connectivity index (χ4n) is 0.383. The average molecular weight is 184 g/mol. The Bertz CT molecular complexity index is 170. The lowest BCUT2D eigenvalue weighted by Crippen LogP contribution is -1.88. The van der Waals surface area contributed by atoms with Crippen LogP contribution in [0.5, 0.6) is 0 Å². The zero-order valence-corrected chi connectivity index (χ0v) is 7.90. The lowest BCUT2D eigenvalue weighted by atomic mass is 10.9. The largest absolute Gasteiger partial charge is 0.322 e. The molecule has 7 heteroatoms. The molecule has 0 amide bonds. The highest BCUT2D eigenvalue weighted by molar-refractivity contribution is 7.50. The Labute approximate surface area is 57.5 Å². The van der Waals surface area contributed by atoms with Gasteiger partial charge in [-0.25, -0.2) is 9.03 Å². The molecule has 1 rings (SSSR count). The average Bonchev–Trinajstić information content (AvgIpc) is 1.91. The van der Waals surface area contributed by atoms with Gasteiger partial charge in [0.2, 0.25) is 0 Å². The predicted octanol–water partition coefficient (Wildman–Crippen LogP) is 1.64. The minimum atomic E-state index is -0.635. The minimum Gasteiger partial charge on any atom is -0.245 e. The molecule has 0 radical (unpaired) electrons. The third-order valence-electron chi connectivity index (χ3n) is 0.662. The van der Waals surface area contributed by atoms with E-state index in [4.69, 9.17) is 4.52 Å². The molecular formula is C2H9N3OP3+. The molecule has 2 N–H and O–H groups in total. The quantitative estimate of drug-likeness (QED) is 0.733. The lowest BCUT2D eigenvalue weighted by Gasteiger charge is -1.87. The molecule has 4 nitrogen and oxygen atoms in total. The summed E-state index contributed by atoms with van der Waals surface area (Å²) in [4.78, 5) is 0. The Kier molecular flexibility index (Phi) is 3.39. The smallest absolute Gasteiger partial charge is 0.245 e. The first kappa shape index (κ1) is 7.37. The highest BCUT2D eigenvalue weighted by Crippen LogP contribution is 2.17. The number of rotatable bonds is 2. The molecule has 1 aromatic heterocycles. The van der Waals surface area contributed by atoms with Crippen LogP contribution in [0.3, 0.4) is 0 Å². The molecule has 0 bridgehead atoms. The van der Waals surface area contributed by atoms with Crippen LogP contribution < -0.4 is 4.52 Å². The Morgan fingerprint density at radius 1 is 1.78 bits per heavy atom. The molecule has 3 unspecified atom stereocenters. The third-order valence-corrected chi connectivity index (χ3v) is 4.45. The molecule has 52 valence electrons. The summed E-state index contributed by atoms with van der Waals surface area (Å²) < 4.78 is 15.6. The summed E-state index contributed by atoms with van der Waals surface area (Å²) in [6, 6.07) is 0. The Morgan fingerprint density at radius 2 is 2.67 bits per heavy atom. The molecule has 0 fully saturated rings.